The first-order chi connectivity index (χ1) is 10.6. The number of para-hydroxylation sites is 1. The minimum atomic E-state index is -0.214. The van der Waals surface area contributed by atoms with Gasteiger partial charge < -0.3 is 10.0 Å². The molecule has 0 spiro atoms. The van der Waals surface area contributed by atoms with E-state index in [9.17, 15) is 9.90 Å². The van der Waals surface area contributed by atoms with Crippen molar-refractivity contribution < 1.29 is 9.90 Å². The van der Waals surface area contributed by atoms with E-state index in [4.69, 9.17) is 0 Å². The van der Waals surface area contributed by atoms with Crippen molar-refractivity contribution in [3.8, 4) is 5.75 Å². The minimum Gasteiger partial charge on any atom is -0.508 e. The maximum atomic E-state index is 12.4. The molecule has 0 aliphatic carbocycles. The van der Waals surface area contributed by atoms with Crippen molar-refractivity contribution >= 4 is 5.91 Å². The average molecular weight is 295 g/mol. The van der Waals surface area contributed by atoms with Gasteiger partial charge in [0.15, 0.2) is 0 Å². The van der Waals surface area contributed by atoms with Crippen LogP contribution in [0.4, 0.5) is 0 Å². The lowest BCUT2D eigenvalue weighted by molar-refractivity contribution is -0.133. The predicted octanol–water partition coefficient (Wildman–Crippen LogP) is 4.06. The molecule has 1 amide bonds. The molecule has 0 radical (unpaired) electrons. The van der Waals surface area contributed by atoms with Crippen LogP contribution in [0.1, 0.15) is 30.5 Å². The summed E-state index contributed by atoms with van der Waals surface area (Å²) in [6.45, 7) is 6.08. The monoisotopic (exact) mass is 295 g/mol. The zero-order valence-corrected chi connectivity index (χ0v) is 12.8. The fourth-order valence-electron chi connectivity index (χ4n) is 2.47. The Morgan fingerprint density at radius 3 is 2.45 bits per heavy atom. The molecule has 1 unspecified atom stereocenters. The Morgan fingerprint density at radius 2 is 1.82 bits per heavy atom. The van der Waals surface area contributed by atoms with E-state index in [-0.39, 0.29) is 24.1 Å². The number of phenolic OH excluding ortho intramolecular Hbond substituents is 1. The average Bonchev–Trinajstić information content (AvgIpc) is 2.53. The van der Waals surface area contributed by atoms with Crippen LogP contribution in [0.25, 0.3) is 0 Å². The summed E-state index contributed by atoms with van der Waals surface area (Å²) in [5.74, 6) is 0.203. The lowest BCUT2D eigenvalue weighted by Crippen LogP contribution is -2.32. The molecule has 0 saturated carbocycles. The highest BCUT2D eigenvalue weighted by Crippen LogP contribution is 2.29. The zero-order chi connectivity index (χ0) is 15.9. The third kappa shape index (κ3) is 3.76. The van der Waals surface area contributed by atoms with Gasteiger partial charge in [-0.1, -0.05) is 54.6 Å². The molecule has 0 heterocycles. The molecule has 0 bridgehead atoms. The topological polar surface area (TPSA) is 40.5 Å². The Balaban J connectivity index is 2.29. The van der Waals surface area contributed by atoms with E-state index in [2.05, 4.69) is 6.58 Å². The number of hydrogen-bond acceptors (Lipinski definition) is 2. The SMILES string of the molecule is C=CCC(=O)N(Cc1ccccc1)C(C)c1ccccc1O. The lowest BCUT2D eigenvalue weighted by Gasteiger charge is -2.30. The van der Waals surface area contributed by atoms with Gasteiger partial charge in [-0.05, 0) is 18.6 Å². The smallest absolute Gasteiger partial charge is 0.227 e. The summed E-state index contributed by atoms with van der Waals surface area (Å²) in [5.41, 5.74) is 1.80. The van der Waals surface area contributed by atoms with E-state index in [1.807, 2.05) is 49.4 Å². The summed E-state index contributed by atoms with van der Waals surface area (Å²) in [4.78, 5) is 14.2. The maximum Gasteiger partial charge on any atom is 0.227 e. The molecule has 2 aromatic carbocycles. The Kier molecular flexibility index (Phi) is 5.37. The van der Waals surface area contributed by atoms with E-state index in [1.54, 1.807) is 23.1 Å². The molecule has 22 heavy (non-hydrogen) atoms. The fraction of sp³-hybridized carbons (Fsp3) is 0.211. The van der Waals surface area contributed by atoms with E-state index < -0.39 is 0 Å². The Morgan fingerprint density at radius 1 is 1.18 bits per heavy atom. The van der Waals surface area contributed by atoms with Crippen LogP contribution in [-0.4, -0.2) is 15.9 Å². The quantitative estimate of drug-likeness (QED) is 0.816. The van der Waals surface area contributed by atoms with Gasteiger partial charge in [0.1, 0.15) is 5.75 Å². The summed E-state index contributed by atoms with van der Waals surface area (Å²) in [6.07, 6.45) is 1.89. The van der Waals surface area contributed by atoms with Crippen LogP contribution >= 0.6 is 0 Å². The molecule has 1 N–H and O–H groups in total. The molecule has 114 valence electrons. The van der Waals surface area contributed by atoms with Crippen molar-refractivity contribution in [2.75, 3.05) is 0 Å². The van der Waals surface area contributed by atoms with E-state index in [0.29, 0.717) is 6.54 Å². The first kappa shape index (κ1) is 15.8. The van der Waals surface area contributed by atoms with Gasteiger partial charge in [0, 0.05) is 18.5 Å². The molecule has 1 atom stereocenters. The summed E-state index contributed by atoms with van der Waals surface area (Å²) >= 11 is 0. The summed E-state index contributed by atoms with van der Waals surface area (Å²) in [6, 6.07) is 16.8. The third-order valence-corrected chi connectivity index (χ3v) is 3.69. The largest absolute Gasteiger partial charge is 0.508 e. The minimum absolute atomic E-state index is 0.00499. The van der Waals surface area contributed by atoms with Crippen molar-refractivity contribution in [3.63, 3.8) is 0 Å². The van der Waals surface area contributed by atoms with E-state index in [0.717, 1.165) is 11.1 Å². The second-order valence-electron chi connectivity index (χ2n) is 5.23. The summed E-state index contributed by atoms with van der Waals surface area (Å²) < 4.78 is 0. The van der Waals surface area contributed by atoms with Crippen molar-refractivity contribution in [2.24, 2.45) is 0 Å². The predicted molar refractivity (Wildman–Crippen MR) is 88.3 cm³/mol. The van der Waals surface area contributed by atoms with Gasteiger partial charge in [-0.25, -0.2) is 0 Å². The molecule has 0 aromatic heterocycles. The van der Waals surface area contributed by atoms with Crippen LogP contribution in [0.3, 0.4) is 0 Å². The number of carbonyl (C=O) groups excluding carboxylic acids is 1. The van der Waals surface area contributed by atoms with Crippen LogP contribution in [0.2, 0.25) is 0 Å². The Bertz CT molecular complexity index is 637. The number of benzene rings is 2. The second-order valence-corrected chi connectivity index (χ2v) is 5.23. The molecular weight excluding hydrogens is 274 g/mol. The van der Waals surface area contributed by atoms with Crippen molar-refractivity contribution in [3.05, 3.63) is 78.4 Å². The molecule has 3 nitrogen and oxygen atoms in total. The molecule has 0 fully saturated rings. The van der Waals surface area contributed by atoms with Gasteiger partial charge >= 0.3 is 0 Å². The first-order valence-electron chi connectivity index (χ1n) is 7.35. The highest BCUT2D eigenvalue weighted by atomic mass is 16.3. The van der Waals surface area contributed by atoms with Gasteiger partial charge in [-0.3, -0.25) is 4.79 Å². The number of hydrogen-bond donors (Lipinski definition) is 1. The van der Waals surface area contributed by atoms with Crippen LogP contribution in [0, 0.1) is 0 Å². The zero-order valence-electron chi connectivity index (χ0n) is 12.8. The highest BCUT2D eigenvalue weighted by Gasteiger charge is 2.22. The number of phenols is 1. The van der Waals surface area contributed by atoms with Crippen LogP contribution in [-0.2, 0) is 11.3 Å². The van der Waals surface area contributed by atoms with Crippen LogP contribution in [0.15, 0.2) is 67.3 Å². The van der Waals surface area contributed by atoms with Gasteiger partial charge in [0.2, 0.25) is 5.91 Å². The molecule has 2 rings (SSSR count). The highest BCUT2D eigenvalue weighted by molar-refractivity contribution is 5.78. The molecule has 2 aromatic rings. The van der Waals surface area contributed by atoms with Gasteiger partial charge in [0.05, 0.1) is 6.04 Å². The van der Waals surface area contributed by atoms with Gasteiger partial charge in [0.25, 0.3) is 0 Å². The number of aromatic hydroxyl groups is 1. The van der Waals surface area contributed by atoms with Crippen molar-refractivity contribution in [1.82, 2.24) is 4.90 Å². The van der Waals surface area contributed by atoms with Gasteiger partial charge in [-0.2, -0.15) is 0 Å². The van der Waals surface area contributed by atoms with E-state index >= 15 is 0 Å². The normalized spacial score (nSPS) is 11.7. The first-order valence-corrected chi connectivity index (χ1v) is 7.35. The third-order valence-electron chi connectivity index (χ3n) is 3.69. The molecule has 0 aliphatic rings. The maximum absolute atomic E-state index is 12.4. The summed E-state index contributed by atoms with van der Waals surface area (Å²) in [7, 11) is 0. The van der Waals surface area contributed by atoms with Crippen LogP contribution < -0.4 is 0 Å². The summed E-state index contributed by atoms with van der Waals surface area (Å²) in [5, 5.41) is 10.0. The molecule has 0 aliphatic heterocycles. The fourth-order valence-corrected chi connectivity index (χ4v) is 2.47. The Labute approximate surface area is 131 Å². The number of amides is 1. The van der Waals surface area contributed by atoms with Gasteiger partial charge in [-0.15, -0.1) is 6.58 Å². The number of nitrogens with zero attached hydrogens (tertiary/aromatic N) is 1. The number of carbonyl (C=O) groups is 1. The van der Waals surface area contributed by atoms with Crippen molar-refractivity contribution in [2.45, 2.75) is 25.9 Å². The van der Waals surface area contributed by atoms with Crippen molar-refractivity contribution in [1.29, 1.82) is 0 Å². The van der Waals surface area contributed by atoms with Crippen LogP contribution in [0.5, 0.6) is 5.75 Å². The van der Waals surface area contributed by atoms with E-state index in [1.165, 1.54) is 0 Å². The molecular formula is C19H21NO2. The Hall–Kier alpha value is -2.55. The molecule has 3 heteroatoms. The second kappa shape index (κ2) is 7.46. The standard InChI is InChI=1S/C19H21NO2/c1-3-9-19(22)20(14-16-10-5-4-6-11-16)15(2)17-12-7-8-13-18(17)21/h3-8,10-13,15,21H,1,9,14H2,2H3. The molecule has 0 saturated heterocycles. The lowest BCUT2D eigenvalue weighted by atomic mass is 10.0. The number of rotatable bonds is 6.